The van der Waals surface area contributed by atoms with Crippen molar-refractivity contribution in [2.24, 2.45) is 11.8 Å². The molecule has 0 fully saturated rings. The molecule has 0 aromatic carbocycles. The van der Waals surface area contributed by atoms with Crippen LogP contribution in [0, 0.1) is 11.8 Å². The largest absolute Gasteiger partial charge is 0.295 e. The van der Waals surface area contributed by atoms with E-state index in [1.54, 1.807) is 12.2 Å². The van der Waals surface area contributed by atoms with Gasteiger partial charge in [0.1, 0.15) is 0 Å². The van der Waals surface area contributed by atoms with Crippen molar-refractivity contribution in [2.75, 3.05) is 0 Å². The smallest absolute Gasteiger partial charge is 0.158 e. The van der Waals surface area contributed by atoms with E-state index in [-0.39, 0.29) is 23.4 Å². The van der Waals surface area contributed by atoms with E-state index >= 15 is 0 Å². The molecule has 14 heavy (non-hydrogen) atoms. The van der Waals surface area contributed by atoms with E-state index < -0.39 is 0 Å². The van der Waals surface area contributed by atoms with Gasteiger partial charge in [0.15, 0.2) is 11.6 Å². The summed E-state index contributed by atoms with van der Waals surface area (Å²) in [6.45, 7) is 7.37. The van der Waals surface area contributed by atoms with Crippen molar-refractivity contribution < 1.29 is 9.59 Å². The summed E-state index contributed by atoms with van der Waals surface area (Å²) in [5.74, 6) is 0.180. The molecule has 78 valence electrons. The van der Waals surface area contributed by atoms with Crippen LogP contribution in [0.2, 0.25) is 0 Å². The second-order valence-electron chi connectivity index (χ2n) is 3.83. The van der Waals surface area contributed by atoms with E-state index in [2.05, 4.69) is 0 Å². The van der Waals surface area contributed by atoms with Crippen molar-refractivity contribution >= 4 is 11.6 Å². The van der Waals surface area contributed by atoms with Gasteiger partial charge >= 0.3 is 0 Å². The molecule has 0 atom stereocenters. The average molecular weight is 194 g/mol. The number of rotatable bonds is 5. The molecule has 0 bridgehead atoms. The maximum Gasteiger partial charge on any atom is 0.158 e. The maximum absolute atomic E-state index is 11.1. The number of allylic oxidation sites excluding steroid dienone is 4. The monoisotopic (exact) mass is 194 g/mol. The fraction of sp³-hybridized carbons (Fsp3) is 0.500. The SMILES string of the molecule is CC(C)C(=O)/C=C/C=C/C(=O)C(C)C. The van der Waals surface area contributed by atoms with Crippen LogP contribution in [0.15, 0.2) is 24.3 Å². The predicted molar refractivity (Wildman–Crippen MR) is 58.0 cm³/mol. The van der Waals surface area contributed by atoms with Crippen LogP contribution in [0.3, 0.4) is 0 Å². The van der Waals surface area contributed by atoms with Crippen LogP contribution in [0.4, 0.5) is 0 Å². The van der Waals surface area contributed by atoms with Crippen LogP contribution in [0.1, 0.15) is 27.7 Å². The third-order valence-corrected chi connectivity index (χ3v) is 1.77. The molecule has 0 N–H and O–H groups in total. The highest BCUT2D eigenvalue weighted by molar-refractivity contribution is 5.93. The molecule has 0 aliphatic rings. The molecule has 0 saturated carbocycles. The van der Waals surface area contributed by atoms with E-state index in [1.165, 1.54) is 12.2 Å². The third-order valence-electron chi connectivity index (χ3n) is 1.77. The first-order valence-corrected chi connectivity index (χ1v) is 4.87. The molecule has 0 aliphatic carbocycles. The minimum absolute atomic E-state index is 0.0143. The number of ketones is 2. The zero-order valence-corrected chi connectivity index (χ0v) is 9.28. The van der Waals surface area contributed by atoms with Crippen molar-refractivity contribution in [3.05, 3.63) is 24.3 Å². The normalized spacial score (nSPS) is 12.1. The van der Waals surface area contributed by atoms with Crippen LogP contribution >= 0.6 is 0 Å². The molecule has 0 spiro atoms. The lowest BCUT2D eigenvalue weighted by Crippen LogP contribution is -2.02. The van der Waals surface area contributed by atoms with Crippen LogP contribution < -0.4 is 0 Å². The second-order valence-corrected chi connectivity index (χ2v) is 3.83. The zero-order chi connectivity index (χ0) is 11.1. The molecule has 0 aromatic rings. The minimum Gasteiger partial charge on any atom is -0.295 e. The van der Waals surface area contributed by atoms with E-state index in [9.17, 15) is 9.59 Å². The van der Waals surface area contributed by atoms with E-state index in [0.29, 0.717) is 0 Å². The van der Waals surface area contributed by atoms with Crippen molar-refractivity contribution in [3.63, 3.8) is 0 Å². The topological polar surface area (TPSA) is 34.1 Å². The van der Waals surface area contributed by atoms with Crippen LogP contribution in [-0.4, -0.2) is 11.6 Å². The molecule has 0 radical (unpaired) electrons. The zero-order valence-electron chi connectivity index (χ0n) is 9.28. The van der Waals surface area contributed by atoms with Gasteiger partial charge in [-0.3, -0.25) is 9.59 Å². The molecule has 0 aliphatic heterocycles. The van der Waals surface area contributed by atoms with E-state index in [1.807, 2.05) is 27.7 Å². The lowest BCUT2D eigenvalue weighted by Gasteiger charge is -1.95. The standard InChI is InChI=1S/C12H18O2/c1-9(2)11(13)7-5-6-8-12(14)10(3)4/h5-10H,1-4H3/b7-5+,8-6+. The molecule has 2 heteroatoms. The van der Waals surface area contributed by atoms with Gasteiger partial charge in [-0.25, -0.2) is 0 Å². The first kappa shape index (κ1) is 12.8. The Labute approximate surface area is 85.7 Å². The molecular formula is C12H18O2. The highest BCUT2D eigenvalue weighted by atomic mass is 16.1. The number of carbonyl (C=O) groups excluding carboxylic acids is 2. The number of hydrogen-bond donors (Lipinski definition) is 0. The molecule has 0 aromatic heterocycles. The summed E-state index contributed by atoms with van der Waals surface area (Å²) in [5, 5.41) is 0. The molecule has 0 amide bonds. The summed E-state index contributed by atoms with van der Waals surface area (Å²) in [4.78, 5) is 22.2. The van der Waals surface area contributed by atoms with Gasteiger partial charge in [0, 0.05) is 11.8 Å². The Morgan fingerprint density at radius 3 is 1.29 bits per heavy atom. The molecule has 0 saturated heterocycles. The van der Waals surface area contributed by atoms with E-state index in [0.717, 1.165) is 0 Å². The highest BCUT2D eigenvalue weighted by Crippen LogP contribution is 1.97. The summed E-state index contributed by atoms with van der Waals surface area (Å²) < 4.78 is 0. The number of hydrogen-bond acceptors (Lipinski definition) is 2. The van der Waals surface area contributed by atoms with Gasteiger partial charge < -0.3 is 0 Å². The van der Waals surface area contributed by atoms with Gasteiger partial charge in [-0.2, -0.15) is 0 Å². The van der Waals surface area contributed by atoms with Gasteiger partial charge in [0.05, 0.1) is 0 Å². The molecule has 0 heterocycles. The maximum atomic E-state index is 11.1. The Morgan fingerprint density at radius 1 is 0.786 bits per heavy atom. The average Bonchev–Trinajstić information content (AvgIpc) is 2.11. The Bertz CT molecular complexity index is 229. The van der Waals surface area contributed by atoms with Crippen molar-refractivity contribution in [1.82, 2.24) is 0 Å². The van der Waals surface area contributed by atoms with Crippen molar-refractivity contribution in [1.29, 1.82) is 0 Å². The minimum atomic E-state index is 0.0143. The van der Waals surface area contributed by atoms with Crippen molar-refractivity contribution in [3.8, 4) is 0 Å². The van der Waals surface area contributed by atoms with Crippen LogP contribution in [-0.2, 0) is 9.59 Å². The van der Waals surface area contributed by atoms with Gasteiger partial charge in [-0.05, 0) is 12.2 Å². The quantitative estimate of drug-likeness (QED) is 0.498. The summed E-state index contributed by atoms with van der Waals surface area (Å²) in [7, 11) is 0. The van der Waals surface area contributed by atoms with Crippen LogP contribution in [0.25, 0.3) is 0 Å². The van der Waals surface area contributed by atoms with Gasteiger partial charge in [0.25, 0.3) is 0 Å². The second kappa shape index (κ2) is 6.30. The summed E-state index contributed by atoms with van der Waals surface area (Å²) in [5.41, 5.74) is 0. The van der Waals surface area contributed by atoms with Crippen LogP contribution in [0.5, 0.6) is 0 Å². The third kappa shape index (κ3) is 5.46. The first-order valence-electron chi connectivity index (χ1n) is 4.87. The summed E-state index contributed by atoms with van der Waals surface area (Å²) in [6.07, 6.45) is 6.22. The molecule has 0 rings (SSSR count). The fourth-order valence-corrected chi connectivity index (χ4v) is 0.686. The lowest BCUT2D eigenvalue weighted by atomic mass is 10.1. The molecule has 2 nitrogen and oxygen atoms in total. The fourth-order valence-electron chi connectivity index (χ4n) is 0.686. The summed E-state index contributed by atoms with van der Waals surface area (Å²) >= 11 is 0. The first-order chi connectivity index (χ1) is 6.45. The Balaban J connectivity index is 4.06. The Kier molecular flexibility index (Phi) is 5.77. The Morgan fingerprint density at radius 2 is 1.07 bits per heavy atom. The van der Waals surface area contributed by atoms with Gasteiger partial charge in [-0.1, -0.05) is 39.8 Å². The van der Waals surface area contributed by atoms with E-state index in [4.69, 9.17) is 0 Å². The predicted octanol–water partition coefficient (Wildman–Crippen LogP) is 2.55. The Hall–Kier alpha value is -1.18. The lowest BCUT2D eigenvalue weighted by molar-refractivity contribution is -0.118. The van der Waals surface area contributed by atoms with Gasteiger partial charge in [0.2, 0.25) is 0 Å². The van der Waals surface area contributed by atoms with Gasteiger partial charge in [-0.15, -0.1) is 0 Å². The molecule has 0 unspecified atom stereocenters. The molecular weight excluding hydrogens is 176 g/mol. The number of carbonyl (C=O) groups is 2. The highest BCUT2D eigenvalue weighted by Gasteiger charge is 2.01. The summed E-state index contributed by atoms with van der Waals surface area (Å²) in [6, 6.07) is 0. The van der Waals surface area contributed by atoms with Crippen molar-refractivity contribution in [2.45, 2.75) is 27.7 Å².